The molecule has 0 radical (unpaired) electrons. The van der Waals surface area contributed by atoms with Gasteiger partial charge in [0.2, 0.25) is 0 Å². The van der Waals surface area contributed by atoms with Crippen LogP contribution in [0.25, 0.3) is 0 Å². The molecule has 2 bridgehead atoms. The Hall–Kier alpha value is -1.94. The maximum Gasteiger partial charge on any atom is 0.154 e. The zero-order valence-electron chi connectivity index (χ0n) is 13.8. The quantitative estimate of drug-likeness (QED) is 0.864. The van der Waals surface area contributed by atoms with Crippen molar-refractivity contribution < 1.29 is 0 Å². The fourth-order valence-electron chi connectivity index (χ4n) is 4.08. The molecule has 1 fully saturated rings. The SMILES string of the molecule is Cc1nnc(C(NCC2CC3C=CC2C3)c2ccccc2)n1C. The summed E-state index contributed by atoms with van der Waals surface area (Å²) in [7, 11) is 2.04. The molecule has 1 saturated carbocycles. The fraction of sp³-hybridized carbons (Fsp3) is 0.474. The van der Waals surface area contributed by atoms with Crippen molar-refractivity contribution >= 4 is 0 Å². The van der Waals surface area contributed by atoms with Gasteiger partial charge in [0.05, 0.1) is 6.04 Å². The molecule has 120 valence electrons. The molecule has 1 N–H and O–H groups in total. The van der Waals surface area contributed by atoms with Gasteiger partial charge in [0.15, 0.2) is 5.82 Å². The molecule has 0 amide bonds. The van der Waals surface area contributed by atoms with Gasteiger partial charge in [0.25, 0.3) is 0 Å². The van der Waals surface area contributed by atoms with Crippen LogP contribution in [0.2, 0.25) is 0 Å². The molecule has 2 aliphatic carbocycles. The standard InChI is InChI=1S/C19H24N4/c1-13-21-22-19(23(13)2)18(15-6-4-3-5-7-15)20-12-17-11-14-8-9-16(17)10-14/h3-9,14,16-18,20H,10-12H2,1-2H3. The highest BCUT2D eigenvalue weighted by Crippen LogP contribution is 2.43. The Morgan fingerprint density at radius 2 is 2.00 bits per heavy atom. The molecule has 1 heterocycles. The minimum Gasteiger partial charge on any atom is -0.317 e. The lowest BCUT2D eigenvalue weighted by Crippen LogP contribution is -2.31. The number of fused-ring (bicyclic) bond motifs is 2. The van der Waals surface area contributed by atoms with Crippen molar-refractivity contribution in [1.82, 2.24) is 20.1 Å². The van der Waals surface area contributed by atoms with Crippen LogP contribution in [0, 0.1) is 24.7 Å². The molecular formula is C19H24N4. The van der Waals surface area contributed by atoms with Gasteiger partial charge in [-0.05, 0) is 49.6 Å². The number of nitrogens with zero attached hydrogens (tertiary/aromatic N) is 3. The van der Waals surface area contributed by atoms with Crippen molar-refractivity contribution in [2.75, 3.05) is 6.54 Å². The first-order valence-electron chi connectivity index (χ1n) is 8.55. The van der Waals surface area contributed by atoms with E-state index in [1.54, 1.807) is 0 Å². The highest BCUT2D eigenvalue weighted by molar-refractivity contribution is 5.25. The van der Waals surface area contributed by atoms with Crippen LogP contribution in [0.5, 0.6) is 0 Å². The van der Waals surface area contributed by atoms with Gasteiger partial charge < -0.3 is 9.88 Å². The van der Waals surface area contributed by atoms with Gasteiger partial charge in [-0.2, -0.15) is 0 Å². The number of rotatable bonds is 5. The van der Waals surface area contributed by atoms with Crippen LogP contribution in [-0.2, 0) is 7.05 Å². The van der Waals surface area contributed by atoms with Crippen LogP contribution in [-0.4, -0.2) is 21.3 Å². The van der Waals surface area contributed by atoms with E-state index in [0.29, 0.717) is 0 Å². The van der Waals surface area contributed by atoms with E-state index < -0.39 is 0 Å². The molecule has 4 rings (SSSR count). The Morgan fingerprint density at radius 3 is 2.61 bits per heavy atom. The smallest absolute Gasteiger partial charge is 0.154 e. The van der Waals surface area contributed by atoms with Gasteiger partial charge in [-0.25, -0.2) is 0 Å². The number of hydrogen-bond donors (Lipinski definition) is 1. The second-order valence-corrected chi connectivity index (χ2v) is 6.96. The van der Waals surface area contributed by atoms with E-state index in [1.807, 2.05) is 14.0 Å². The Morgan fingerprint density at radius 1 is 1.17 bits per heavy atom. The Labute approximate surface area is 137 Å². The molecule has 1 aromatic carbocycles. The van der Waals surface area contributed by atoms with Gasteiger partial charge in [0, 0.05) is 7.05 Å². The maximum atomic E-state index is 4.42. The van der Waals surface area contributed by atoms with E-state index in [0.717, 1.165) is 35.9 Å². The summed E-state index contributed by atoms with van der Waals surface area (Å²) in [5.74, 6) is 4.28. The molecular weight excluding hydrogens is 284 g/mol. The largest absolute Gasteiger partial charge is 0.317 e. The number of hydrogen-bond acceptors (Lipinski definition) is 3. The van der Waals surface area contributed by atoms with E-state index >= 15 is 0 Å². The topological polar surface area (TPSA) is 42.7 Å². The Balaban J connectivity index is 1.56. The lowest BCUT2D eigenvalue weighted by atomic mass is 9.93. The van der Waals surface area contributed by atoms with Crippen LogP contribution < -0.4 is 5.32 Å². The highest BCUT2D eigenvalue weighted by atomic mass is 15.3. The molecule has 0 spiro atoms. The second-order valence-electron chi connectivity index (χ2n) is 6.96. The second kappa shape index (κ2) is 5.93. The summed E-state index contributed by atoms with van der Waals surface area (Å²) in [5.41, 5.74) is 1.25. The molecule has 4 nitrogen and oxygen atoms in total. The summed E-state index contributed by atoms with van der Waals surface area (Å²) >= 11 is 0. The molecule has 0 saturated heterocycles. The zero-order chi connectivity index (χ0) is 15.8. The summed E-state index contributed by atoms with van der Waals surface area (Å²) in [6, 6.07) is 10.7. The molecule has 4 atom stereocenters. The van der Waals surface area contributed by atoms with Crippen molar-refractivity contribution in [1.29, 1.82) is 0 Å². The molecule has 23 heavy (non-hydrogen) atoms. The van der Waals surface area contributed by atoms with Crippen LogP contribution in [0.3, 0.4) is 0 Å². The summed E-state index contributed by atoms with van der Waals surface area (Å²) in [6.07, 6.45) is 7.51. The van der Waals surface area contributed by atoms with E-state index in [2.05, 4.69) is 62.6 Å². The third-order valence-electron chi connectivity index (χ3n) is 5.52. The maximum absolute atomic E-state index is 4.42. The fourth-order valence-corrected chi connectivity index (χ4v) is 4.08. The molecule has 4 heteroatoms. The first-order chi connectivity index (χ1) is 11.2. The van der Waals surface area contributed by atoms with E-state index in [9.17, 15) is 0 Å². The third kappa shape index (κ3) is 2.72. The lowest BCUT2D eigenvalue weighted by molar-refractivity contribution is 0.393. The van der Waals surface area contributed by atoms with Gasteiger partial charge in [-0.15, -0.1) is 10.2 Å². The first-order valence-corrected chi connectivity index (χ1v) is 8.55. The third-order valence-corrected chi connectivity index (χ3v) is 5.52. The minimum atomic E-state index is 0.102. The van der Waals surface area contributed by atoms with Gasteiger partial charge in [-0.3, -0.25) is 0 Å². The number of allylic oxidation sites excluding steroid dienone is 2. The summed E-state index contributed by atoms with van der Waals surface area (Å²) in [5, 5.41) is 12.4. The molecule has 4 unspecified atom stereocenters. The van der Waals surface area contributed by atoms with Crippen molar-refractivity contribution in [3.63, 3.8) is 0 Å². The monoisotopic (exact) mass is 308 g/mol. The lowest BCUT2D eigenvalue weighted by Gasteiger charge is -2.24. The van der Waals surface area contributed by atoms with Crippen molar-refractivity contribution in [3.8, 4) is 0 Å². The zero-order valence-corrected chi connectivity index (χ0v) is 13.8. The van der Waals surface area contributed by atoms with Crippen molar-refractivity contribution in [2.24, 2.45) is 24.8 Å². The van der Waals surface area contributed by atoms with Gasteiger partial charge >= 0.3 is 0 Å². The number of aromatic nitrogens is 3. The average molecular weight is 308 g/mol. The van der Waals surface area contributed by atoms with Crippen LogP contribution in [0.1, 0.15) is 36.1 Å². The molecule has 2 aromatic rings. The van der Waals surface area contributed by atoms with Crippen LogP contribution >= 0.6 is 0 Å². The van der Waals surface area contributed by atoms with E-state index in [1.165, 1.54) is 18.4 Å². The number of nitrogens with one attached hydrogen (secondary N) is 1. The Bertz CT molecular complexity index is 703. The molecule has 1 aromatic heterocycles. The minimum absolute atomic E-state index is 0.102. The summed E-state index contributed by atoms with van der Waals surface area (Å²) < 4.78 is 2.09. The van der Waals surface area contributed by atoms with Crippen molar-refractivity contribution in [3.05, 3.63) is 59.7 Å². The van der Waals surface area contributed by atoms with E-state index in [4.69, 9.17) is 0 Å². The summed E-state index contributed by atoms with van der Waals surface area (Å²) in [6.45, 7) is 3.04. The number of aryl methyl sites for hydroxylation is 1. The Kier molecular flexibility index (Phi) is 3.77. The average Bonchev–Trinajstić information content (AvgIpc) is 3.28. The van der Waals surface area contributed by atoms with Gasteiger partial charge in [0.1, 0.15) is 5.82 Å². The van der Waals surface area contributed by atoms with E-state index in [-0.39, 0.29) is 6.04 Å². The van der Waals surface area contributed by atoms with Gasteiger partial charge in [-0.1, -0.05) is 42.5 Å². The normalized spacial score (nSPS) is 26.8. The van der Waals surface area contributed by atoms with Crippen molar-refractivity contribution in [2.45, 2.75) is 25.8 Å². The first kappa shape index (κ1) is 14.6. The van der Waals surface area contributed by atoms with Crippen LogP contribution in [0.15, 0.2) is 42.5 Å². The predicted octanol–water partition coefficient (Wildman–Crippen LogP) is 3.01. The summed E-state index contributed by atoms with van der Waals surface area (Å²) in [4.78, 5) is 0. The predicted molar refractivity (Wildman–Crippen MR) is 90.9 cm³/mol. The van der Waals surface area contributed by atoms with Crippen LogP contribution in [0.4, 0.5) is 0 Å². The number of benzene rings is 1. The molecule has 0 aliphatic heterocycles. The molecule has 2 aliphatic rings. The highest BCUT2D eigenvalue weighted by Gasteiger charge is 2.35.